The molecule has 22 heavy (non-hydrogen) atoms. The zero-order valence-corrected chi connectivity index (χ0v) is 12.1. The summed E-state index contributed by atoms with van der Waals surface area (Å²) < 4.78 is 18.0. The van der Waals surface area contributed by atoms with Crippen LogP contribution in [0.5, 0.6) is 0 Å². The molecule has 1 aromatic carbocycles. The van der Waals surface area contributed by atoms with Crippen LogP contribution in [0.1, 0.15) is 21.3 Å². The topological polar surface area (TPSA) is 70.8 Å². The standard InChI is InChI=1S/C15H12FNO4S/c16-11-3-1-9(2-4-11)13(18)17-12(15(19)20)8-22-14(17)10-5-6-21-7-10/h1-7,12,14H,8H2,(H,19,20). The number of carbonyl (C=O) groups excluding carboxylic acids is 1. The Hall–Kier alpha value is -2.28. The average Bonchev–Trinajstić information content (AvgIpc) is 3.16. The van der Waals surface area contributed by atoms with Crippen molar-refractivity contribution in [3.8, 4) is 0 Å². The Labute approximate surface area is 129 Å². The Morgan fingerprint density at radius 2 is 2.00 bits per heavy atom. The molecule has 0 radical (unpaired) electrons. The first-order valence-electron chi connectivity index (χ1n) is 6.52. The maximum atomic E-state index is 13.0. The van der Waals surface area contributed by atoms with E-state index in [1.807, 2.05) is 0 Å². The predicted octanol–water partition coefficient (Wildman–Crippen LogP) is 2.76. The van der Waals surface area contributed by atoms with Crippen molar-refractivity contribution in [2.24, 2.45) is 0 Å². The third-order valence-electron chi connectivity index (χ3n) is 3.44. The summed E-state index contributed by atoms with van der Waals surface area (Å²) in [7, 11) is 0. The van der Waals surface area contributed by atoms with Gasteiger partial charge in [-0.25, -0.2) is 9.18 Å². The highest BCUT2D eigenvalue weighted by Gasteiger charge is 2.43. The SMILES string of the molecule is O=C(O)C1CSC(c2ccoc2)N1C(=O)c1ccc(F)cc1. The van der Waals surface area contributed by atoms with Crippen LogP contribution in [0.2, 0.25) is 0 Å². The summed E-state index contributed by atoms with van der Waals surface area (Å²) in [5.41, 5.74) is 0.979. The summed E-state index contributed by atoms with van der Waals surface area (Å²) in [6, 6.07) is 5.84. The van der Waals surface area contributed by atoms with Gasteiger partial charge in [-0.05, 0) is 30.3 Å². The molecule has 5 nitrogen and oxygen atoms in total. The van der Waals surface area contributed by atoms with Crippen molar-refractivity contribution in [3.05, 3.63) is 59.8 Å². The molecule has 114 valence electrons. The van der Waals surface area contributed by atoms with Crippen molar-refractivity contribution >= 4 is 23.6 Å². The van der Waals surface area contributed by atoms with E-state index in [1.165, 1.54) is 53.5 Å². The lowest BCUT2D eigenvalue weighted by molar-refractivity contribution is -0.141. The van der Waals surface area contributed by atoms with Crippen LogP contribution in [-0.4, -0.2) is 33.7 Å². The van der Waals surface area contributed by atoms with Crippen molar-refractivity contribution in [1.29, 1.82) is 0 Å². The summed E-state index contributed by atoms with van der Waals surface area (Å²) in [5, 5.41) is 8.92. The minimum Gasteiger partial charge on any atom is -0.480 e. The molecule has 1 N–H and O–H groups in total. The Bertz CT molecular complexity index is 686. The third kappa shape index (κ3) is 2.59. The van der Waals surface area contributed by atoms with E-state index in [0.29, 0.717) is 0 Å². The molecule has 2 heterocycles. The maximum Gasteiger partial charge on any atom is 0.327 e. The lowest BCUT2D eigenvalue weighted by atomic mass is 10.1. The fourth-order valence-electron chi connectivity index (χ4n) is 2.36. The number of carboxylic acid groups (broad SMARTS) is 1. The quantitative estimate of drug-likeness (QED) is 0.941. The van der Waals surface area contributed by atoms with Gasteiger partial charge < -0.3 is 14.4 Å². The minimum atomic E-state index is -1.06. The maximum absolute atomic E-state index is 13.0. The second-order valence-corrected chi connectivity index (χ2v) is 5.93. The molecule has 2 atom stereocenters. The van der Waals surface area contributed by atoms with Crippen molar-refractivity contribution < 1.29 is 23.5 Å². The Morgan fingerprint density at radius 3 is 2.59 bits per heavy atom. The molecule has 1 aliphatic rings. The number of carbonyl (C=O) groups is 2. The minimum absolute atomic E-state index is 0.253. The van der Waals surface area contributed by atoms with E-state index in [2.05, 4.69) is 0 Å². The van der Waals surface area contributed by atoms with Gasteiger partial charge in [0.25, 0.3) is 5.91 Å². The summed E-state index contributed by atoms with van der Waals surface area (Å²) in [6.07, 6.45) is 2.97. The molecule has 2 unspecified atom stereocenters. The van der Waals surface area contributed by atoms with Crippen molar-refractivity contribution in [2.45, 2.75) is 11.4 Å². The van der Waals surface area contributed by atoms with Crippen LogP contribution in [0.25, 0.3) is 0 Å². The van der Waals surface area contributed by atoms with Crippen LogP contribution in [0.3, 0.4) is 0 Å². The highest BCUT2D eigenvalue weighted by atomic mass is 32.2. The lowest BCUT2D eigenvalue weighted by Gasteiger charge is -2.26. The van der Waals surface area contributed by atoms with E-state index in [4.69, 9.17) is 4.42 Å². The number of aliphatic carboxylic acids is 1. The number of halogens is 1. The van der Waals surface area contributed by atoms with Crippen LogP contribution in [-0.2, 0) is 4.79 Å². The fourth-order valence-corrected chi connectivity index (χ4v) is 3.76. The van der Waals surface area contributed by atoms with Gasteiger partial charge in [0.1, 0.15) is 17.2 Å². The van der Waals surface area contributed by atoms with E-state index in [0.717, 1.165) is 5.56 Å². The molecule has 1 saturated heterocycles. The zero-order chi connectivity index (χ0) is 15.7. The van der Waals surface area contributed by atoms with Crippen LogP contribution < -0.4 is 0 Å². The van der Waals surface area contributed by atoms with Crippen LogP contribution in [0, 0.1) is 5.82 Å². The number of benzene rings is 1. The van der Waals surface area contributed by atoms with Crippen LogP contribution in [0.4, 0.5) is 4.39 Å². The fraction of sp³-hybridized carbons (Fsp3) is 0.200. The normalized spacial score (nSPS) is 21.0. The number of rotatable bonds is 3. The zero-order valence-electron chi connectivity index (χ0n) is 11.3. The van der Waals surface area contributed by atoms with Gasteiger partial charge in [0.15, 0.2) is 0 Å². The Morgan fingerprint density at radius 1 is 1.27 bits per heavy atom. The second kappa shape index (κ2) is 5.84. The van der Waals surface area contributed by atoms with Crippen LogP contribution in [0.15, 0.2) is 47.3 Å². The van der Waals surface area contributed by atoms with Gasteiger partial charge in [0.2, 0.25) is 0 Å². The molecular formula is C15H12FNO4S. The molecule has 2 aromatic rings. The molecule has 1 aliphatic heterocycles. The first kappa shape index (κ1) is 14.6. The number of carboxylic acids is 1. The van der Waals surface area contributed by atoms with Gasteiger partial charge in [-0.3, -0.25) is 4.79 Å². The first-order chi connectivity index (χ1) is 10.6. The van der Waals surface area contributed by atoms with Crippen molar-refractivity contribution in [1.82, 2.24) is 4.90 Å². The molecule has 1 fully saturated rings. The molecule has 0 saturated carbocycles. The molecule has 3 rings (SSSR count). The number of hydrogen-bond acceptors (Lipinski definition) is 4. The molecule has 0 bridgehead atoms. The number of amides is 1. The lowest BCUT2D eigenvalue weighted by Crippen LogP contribution is -2.42. The number of nitrogens with zero attached hydrogens (tertiary/aromatic N) is 1. The largest absolute Gasteiger partial charge is 0.480 e. The summed E-state index contributed by atoms with van der Waals surface area (Å²) in [4.78, 5) is 25.4. The molecule has 0 spiro atoms. The highest BCUT2D eigenvalue weighted by Crippen LogP contribution is 2.42. The average molecular weight is 321 g/mol. The predicted molar refractivity (Wildman–Crippen MR) is 77.9 cm³/mol. The van der Waals surface area contributed by atoms with E-state index in [1.54, 1.807) is 6.07 Å². The molecular weight excluding hydrogens is 309 g/mol. The monoisotopic (exact) mass is 321 g/mol. The van der Waals surface area contributed by atoms with Gasteiger partial charge in [-0.15, -0.1) is 11.8 Å². The third-order valence-corrected chi connectivity index (χ3v) is 4.76. The molecule has 0 aliphatic carbocycles. The highest BCUT2D eigenvalue weighted by molar-refractivity contribution is 7.99. The van der Waals surface area contributed by atoms with E-state index in [9.17, 15) is 19.1 Å². The van der Waals surface area contributed by atoms with Crippen molar-refractivity contribution in [2.75, 3.05) is 5.75 Å². The number of furan rings is 1. The summed E-state index contributed by atoms with van der Waals surface area (Å²) >= 11 is 1.36. The molecule has 1 amide bonds. The first-order valence-corrected chi connectivity index (χ1v) is 7.57. The number of thioether (sulfide) groups is 1. The molecule has 1 aromatic heterocycles. The second-order valence-electron chi connectivity index (χ2n) is 4.82. The van der Waals surface area contributed by atoms with E-state index < -0.39 is 29.1 Å². The van der Waals surface area contributed by atoms with Gasteiger partial charge in [0.05, 0.1) is 12.5 Å². The molecule has 7 heteroatoms. The van der Waals surface area contributed by atoms with Crippen molar-refractivity contribution in [3.63, 3.8) is 0 Å². The van der Waals surface area contributed by atoms with E-state index >= 15 is 0 Å². The van der Waals surface area contributed by atoms with Gasteiger partial charge >= 0.3 is 5.97 Å². The van der Waals surface area contributed by atoms with Gasteiger partial charge in [0, 0.05) is 16.9 Å². The Balaban J connectivity index is 1.96. The van der Waals surface area contributed by atoms with Crippen LogP contribution >= 0.6 is 11.8 Å². The van der Waals surface area contributed by atoms with Gasteiger partial charge in [-0.2, -0.15) is 0 Å². The summed E-state index contributed by atoms with van der Waals surface area (Å²) in [6.45, 7) is 0. The number of hydrogen-bond donors (Lipinski definition) is 1. The smallest absolute Gasteiger partial charge is 0.327 e. The Kier molecular flexibility index (Phi) is 3.89. The van der Waals surface area contributed by atoms with E-state index in [-0.39, 0.29) is 11.3 Å². The van der Waals surface area contributed by atoms with Gasteiger partial charge in [-0.1, -0.05) is 0 Å². The summed E-state index contributed by atoms with van der Waals surface area (Å²) in [5.74, 6) is -1.66.